The number of aromatic nitrogens is 3. The molecule has 31 heavy (non-hydrogen) atoms. The molecule has 2 aromatic rings. The molecular formula is C20H26F2N6O3. The van der Waals surface area contributed by atoms with Gasteiger partial charge in [0.1, 0.15) is 23.8 Å². The Morgan fingerprint density at radius 2 is 1.94 bits per heavy atom. The molecule has 4 rings (SSSR count). The maximum absolute atomic E-state index is 12.2. The van der Waals surface area contributed by atoms with Gasteiger partial charge in [0, 0.05) is 39.0 Å². The molecule has 168 valence electrons. The number of fused-ring (bicyclic) bond motifs is 1. The van der Waals surface area contributed by atoms with Crippen LogP contribution in [0.15, 0.2) is 18.3 Å². The van der Waals surface area contributed by atoms with Crippen LogP contribution in [0.5, 0.6) is 11.6 Å². The van der Waals surface area contributed by atoms with Gasteiger partial charge in [0.15, 0.2) is 5.82 Å². The second kappa shape index (κ2) is 8.29. The van der Waals surface area contributed by atoms with E-state index in [1.165, 1.54) is 12.3 Å². The molecule has 0 spiro atoms. The van der Waals surface area contributed by atoms with Gasteiger partial charge in [0.05, 0.1) is 17.9 Å². The number of hydrogen-bond acceptors (Lipinski definition) is 9. The molecular weight excluding hydrogens is 410 g/mol. The van der Waals surface area contributed by atoms with E-state index < -0.39 is 12.8 Å². The number of pyridine rings is 1. The van der Waals surface area contributed by atoms with Crippen molar-refractivity contribution in [3.63, 3.8) is 0 Å². The van der Waals surface area contributed by atoms with E-state index in [2.05, 4.69) is 25.0 Å². The summed E-state index contributed by atoms with van der Waals surface area (Å²) in [5, 5.41) is 13.8. The van der Waals surface area contributed by atoms with Crippen LogP contribution in [0.1, 0.15) is 25.5 Å². The molecule has 3 heterocycles. The molecule has 2 aliphatic rings. The van der Waals surface area contributed by atoms with E-state index in [-0.39, 0.29) is 24.1 Å². The van der Waals surface area contributed by atoms with Crippen LogP contribution in [0.3, 0.4) is 0 Å². The third-order valence-electron chi connectivity index (χ3n) is 5.82. The highest BCUT2D eigenvalue weighted by atomic mass is 19.3. The summed E-state index contributed by atoms with van der Waals surface area (Å²) in [6, 6.07) is 2.97. The van der Waals surface area contributed by atoms with Crippen LogP contribution in [-0.2, 0) is 0 Å². The average molecular weight is 436 g/mol. The first-order valence-corrected chi connectivity index (χ1v) is 10.1. The van der Waals surface area contributed by atoms with E-state index >= 15 is 0 Å². The summed E-state index contributed by atoms with van der Waals surface area (Å²) in [7, 11) is 3.75. The van der Waals surface area contributed by atoms with Crippen molar-refractivity contribution in [2.75, 3.05) is 29.2 Å². The molecule has 9 nitrogen and oxygen atoms in total. The van der Waals surface area contributed by atoms with E-state index in [4.69, 9.17) is 4.74 Å². The summed E-state index contributed by atoms with van der Waals surface area (Å²) in [5.74, 6) is 1.68. The maximum atomic E-state index is 12.2. The number of aryl methyl sites for hydroxylation is 1. The van der Waals surface area contributed by atoms with Crippen LogP contribution in [0.2, 0.25) is 0 Å². The number of alkyl halides is 2. The minimum absolute atomic E-state index is 0.0103. The molecule has 2 atom stereocenters. The van der Waals surface area contributed by atoms with E-state index in [9.17, 15) is 13.9 Å². The Balaban J connectivity index is 1.35. The lowest BCUT2D eigenvalue weighted by molar-refractivity contribution is -0.0529. The SMILES string of the molecule is Cc1nc(NC2CC(Oc3ccc(OC(F)F)nc3)C2)nc2c1N(C)C(O)[C@H](C)N2C. The van der Waals surface area contributed by atoms with Gasteiger partial charge in [-0.15, -0.1) is 0 Å². The zero-order valence-corrected chi connectivity index (χ0v) is 17.8. The first-order valence-electron chi connectivity index (χ1n) is 10.1. The number of aliphatic hydroxyl groups excluding tert-OH is 1. The van der Waals surface area contributed by atoms with Crippen LogP contribution in [0.25, 0.3) is 0 Å². The van der Waals surface area contributed by atoms with Gasteiger partial charge in [0.2, 0.25) is 11.8 Å². The Morgan fingerprint density at radius 1 is 1.19 bits per heavy atom. The highest BCUT2D eigenvalue weighted by Gasteiger charge is 2.36. The number of likely N-dealkylation sites (N-methyl/N-ethyl adjacent to an activating group) is 2. The van der Waals surface area contributed by atoms with E-state index in [0.29, 0.717) is 11.7 Å². The zero-order valence-electron chi connectivity index (χ0n) is 17.8. The highest BCUT2D eigenvalue weighted by molar-refractivity contribution is 5.73. The number of rotatable bonds is 6. The van der Waals surface area contributed by atoms with Gasteiger partial charge in [-0.2, -0.15) is 13.8 Å². The quantitative estimate of drug-likeness (QED) is 0.708. The van der Waals surface area contributed by atoms with Crippen LogP contribution in [0.4, 0.5) is 26.2 Å². The number of hydrogen-bond donors (Lipinski definition) is 2. The summed E-state index contributed by atoms with van der Waals surface area (Å²) < 4.78 is 34.4. The third kappa shape index (κ3) is 4.27. The van der Waals surface area contributed by atoms with Crippen molar-refractivity contribution >= 4 is 17.5 Å². The molecule has 1 aliphatic carbocycles. The lowest BCUT2D eigenvalue weighted by atomic mass is 9.89. The molecule has 1 saturated carbocycles. The van der Waals surface area contributed by atoms with E-state index in [1.807, 2.05) is 32.8 Å². The minimum atomic E-state index is -2.90. The molecule has 1 unspecified atom stereocenters. The van der Waals surface area contributed by atoms with Crippen molar-refractivity contribution in [3.05, 3.63) is 24.0 Å². The molecule has 0 bridgehead atoms. The predicted octanol–water partition coefficient (Wildman–Crippen LogP) is 2.40. The van der Waals surface area contributed by atoms with Gasteiger partial charge in [-0.25, -0.2) is 9.97 Å². The highest BCUT2D eigenvalue weighted by Crippen LogP contribution is 2.37. The van der Waals surface area contributed by atoms with Gasteiger partial charge in [0.25, 0.3) is 0 Å². The second-order valence-corrected chi connectivity index (χ2v) is 7.94. The monoisotopic (exact) mass is 436 g/mol. The van der Waals surface area contributed by atoms with Crippen LogP contribution >= 0.6 is 0 Å². The Morgan fingerprint density at radius 3 is 2.58 bits per heavy atom. The van der Waals surface area contributed by atoms with Crippen molar-refractivity contribution in [1.29, 1.82) is 0 Å². The van der Waals surface area contributed by atoms with Gasteiger partial charge in [-0.3, -0.25) is 0 Å². The standard InChI is InChI=1S/C20H26F2N6O3/c1-10-16-17(27(3)11(2)18(29)28(16)4)26-20(24-10)25-12-7-14(8-12)30-13-5-6-15(23-9-13)31-19(21)22/h5-6,9,11-12,14,18-19,29H,7-8H2,1-4H3,(H,24,25,26)/t11-,12?,14?,18?/m0/s1. The number of ether oxygens (including phenoxy) is 2. The fourth-order valence-corrected chi connectivity index (χ4v) is 3.88. The number of aliphatic hydroxyl groups is 1. The van der Waals surface area contributed by atoms with Gasteiger partial charge in [-0.05, 0) is 19.9 Å². The van der Waals surface area contributed by atoms with Crippen molar-refractivity contribution in [3.8, 4) is 11.6 Å². The van der Waals surface area contributed by atoms with Crippen molar-refractivity contribution in [2.24, 2.45) is 0 Å². The second-order valence-electron chi connectivity index (χ2n) is 7.94. The first-order chi connectivity index (χ1) is 14.7. The number of halogens is 2. The van der Waals surface area contributed by atoms with Crippen molar-refractivity contribution in [2.45, 2.75) is 57.7 Å². The maximum Gasteiger partial charge on any atom is 0.388 e. The molecule has 0 saturated heterocycles. The Bertz CT molecular complexity index is 926. The Kier molecular flexibility index (Phi) is 5.69. The topological polar surface area (TPSA) is 95.9 Å². The molecule has 2 aromatic heterocycles. The number of anilines is 3. The van der Waals surface area contributed by atoms with Crippen molar-refractivity contribution < 1.29 is 23.4 Å². The molecule has 11 heteroatoms. The van der Waals surface area contributed by atoms with Crippen molar-refractivity contribution in [1.82, 2.24) is 15.0 Å². The van der Waals surface area contributed by atoms with E-state index in [1.54, 1.807) is 11.0 Å². The Labute approximate surface area is 179 Å². The average Bonchev–Trinajstić information content (AvgIpc) is 2.69. The van der Waals surface area contributed by atoms with Gasteiger partial charge in [-0.1, -0.05) is 0 Å². The fourth-order valence-electron chi connectivity index (χ4n) is 3.88. The minimum Gasteiger partial charge on any atom is -0.489 e. The normalized spacial score (nSPS) is 25.2. The zero-order chi connectivity index (χ0) is 22.3. The van der Waals surface area contributed by atoms with Crippen LogP contribution in [0, 0.1) is 6.92 Å². The number of nitrogens with one attached hydrogen (secondary N) is 1. The van der Waals surface area contributed by atoms with Gasteiger partial charge < -0.3 is 29.7 Å². The molecule has 0 aromatic carbocycles. The molecule has 0 radical (unpaired) electrons. The molecule has 1 fully saturated rings. The van der Waals surface area contributed by atoms with E-state index in [0.717, 1.165) is 30.0 Å². The lowest BCUT2D eigenvalue weighted by Gasteiger charge is -2.43. The Hall–Kier alpha value is -2.95. The summed E-state index contributed by atoms with van der Waals surface area (Å²) in [6.45, 7) is 0.948. The third-order valence-corrected chi connectivity index (χ3v) is 5.82. The van der Waals surface area contributed by atoms with Gasteiger partial charge >= 0.3 is 6.61 Å². The molecule has 0 amide bonds. The summed E-state index contributed by atoms with van der Waals surface area (Å²) in [5.41, 5.74) is 1.61. The van der Waals surface area contributed by atoms with Crippen LogP contribution < -0.4 is 24.6 Å². The summed E-state index contributed by atoms with van der Waals surface area (Å²) in [6.07, 6.45) is 2.23. The molecule has 2 N–H and O–H groups in total. The first kappa shape index (κ1) is 21.3. The predicted molar refractivity (Wildman–Crippen MR) is 111 cm³/mol. The summed E-state index contributed by atoms with van der Waals surface area (Å²) in [4.78, 5) is 16.8. The largest absolute Gasteiger partial charge is 0.489 e. The number of nitrogens with zero attached hydrogens (tertiary/aromatic N) is 5. The summed E-state index contributed by atoms with van der Waals surface area (Å²) >= 11 is 0. The lowest BCUT2D eigenvalue weighted by Crippen LogP contribution is -2.53. The van der Waals surface area contributed by atoms with Crippen LogP contribution in [-0.4, -0.2) is 65.2 Å². The molecule has 1 aliphatic heterocycles. The fraction of sp³-hybridized carbons (Fsp3) is 0.550. The smallest absolute Gasteiger partial charge is 0.388 e.